The molecule has 0 saturated carbocycles. The molecule has 0 spiro atoms. The number of aliphatic carboxylic acids is 1. The zero-order chi connectivity index (χ0) is 11.7. The van der Waals surface area contributed by atoms with Gasteiger partial charge in [0.1, 0.15) is 6.61 Å². The van der Waals surface area contributed by atoms with E-state index in [1.807, 2.05) is 6.92 Å². The van der Waals surface area contributed by atoms with E-state index in [9.17, 15) is 9.59 Å². The molecule has 5 heteroatoms. The molecule has 0 aliphatic heterocycles. The van der Waals surface area contributed by atoms with E-state index < -0.39 is 11.9 Å². The Balaban J connectivity index is 3.45. The summed E-state index contributed by atoms with van der Waals surface area (Å²) in [6.45, 7) is 4.78. The Morgan fingerprint density at radius 1 is 1.27 bits per heavy atom. The van der Waals surface area contributed by atoms with Gasteiger partial charge in [0.2, 0.25) is 0 Å². The lowest BCUT2D eigenvalue weighted by molar-refractivity contribution is -0.143. The van der Waals surface area contributed by atoms with Gasteiger partial charge >= 0.3 is 5.97 Å². The topological polar surface area (TPSA) is 72.8 Å². The highest BCUT2D eigenvalue weighted by Crippen LogP contribution is 2.02. The molecule has 0 saturated heterocycles. The van der Waals surface area contributed by atoms with E-state index in [2.05, 4.69) is 0 Å². The Labute approximate surface area is 89.4 Å². The quantitative estimate of drug-likeness (QED) is 0.577. The molecule has 1 N–H and O–H groups in total. The molecular formula is C10H18O5. The van der Waals surface area contributed by atoms with E-state index in [-0.39, 0.29) is 18.8 Å². The first-order chi connectivity index (χ1) is 7.07. The van der Waals surface area contributed by atoms with Crippen molar-refractivity contribution in [3.8, 4) is 0 Å². The van der Waals surface area contributed by atoms with Crippen LogP contribution in [0.25, 0.3) is 0 Å². The van der Waals surface area contributed by atoms with E-state index in [0.717, 1.165) is 0 Å². The number of hydrogen-bond donors (Lipinski definition) is 1. The number of hydrogen-bond acceptors (Lipinski definition) is 4. The van der Waals surface area contributed by atoms with Gasteiger partial charge in [0.25, 0.3) is 0 Å². The Bertz CT molecular complexity index is 202. The number of ketones is 1. The Hall–Kier alpha value is -0.940. The SMILES string of the molecule is CCOCCOCC(=O)C[C@@H](C)C(=O)O. The summed E-state index contributed by atoms with van der Waals surface area (Å²) in [6, 6.07) is 0. The molecule has 0 aliphatic carbocycles. The number of ether oxygens (including phenoxy) is 2. The van der Waals surface area contributed by atoms with E-state index in [0.29, 0.717) is 19.8 Å². The first-order valence-electron chi connectivity index (χ1n) is 4.98. The summed E-state index contributed by atoms with van der Waals surface area (Å²) >= 11 is 0. The average Bonchev–Trinajstić information content (AvgIpc) is 2.17. The normalized spacial score (nSPS) is 12.4. The van der Waals surface area contributed by atoms with Gasteiger partial charge in [-0.3, -0.25) is 9.59 Å². The van der Waals surface area contributed by atoms with E-state index in [4.69, 9.17) is 14.6 Å². The van der Waals surface area contributed by atoms with Crippen molar-refractivity contribution in [2.24, 2.45) is 5.92 Å². The average molecular weight is 218 g/mol. The van der Waals surface area contributed by atoms with E-state index >= 15 is 0 Å². The minimum atomic E-state index is -0.960. The Morgan fingerprint density at radius 3 is 2.40 bits per heavy atom. The van der Waals surface area contributed by atoms with Crippen molar-refractivity contribution in [1.29, 1.82) is 0 Å². The van der Waals surface area contributed by atoms with Crippen molar-refractivity contribution in [2.45, 2.75) is 20.3 Å². The second-order valence-electron chi connectivity index (χ2n) is 3.23. The van der Waals surface area contributed by atoms with Crippen LogP contribution in [0.4, 0.5) is 0 Å². The molecule has 0 amide bonds. The van der Waals surface area contributed by atoms with E-state index in [1.54, 1.807) is 0 Å². The summed E-state index contributed by atoms with van der Waals surface area (Å²) in [6.07, 6.45) is 0.0178. The molecule has 1 atom stereocenters. The second kappa shape index (κ2) is 8.38. The molecular weight excluding hydrogens is 200 g/mol. The fraction of sp³-hybridized carbons (Fsp3) is 0.800. The predicted molar refractivity (Wildman–Crippen MR) is 53.7 cm³/mol. The van der Waals surface area contributed by atoms with Crippen LogP contribution in [0.1, 0.15) is 20.3 Å². The van der Waals surface area contributed by atoms with Crippen LogP contribution in [0.15, 0.2) is 0 Å². The highest BCUT2D eigenvalue weighted by atomic mass is 16.5. The maximum atomic E-state index is 11.2. The van der Waals surface area contributed by atoms with Crippen LogP contribution >= 0.6 is 0 Å². The first-order valence-corrected chi connectivity index (χ1v) is 4.98. The monoisotopic (exact) mass is 218 g/mol. The molecule has 0 aliphatic rings. The second-order valence-corrected chi connectivity index (χ2v) is 3.23. The molecule has 0 aromatic carbocycles. The van der Waals surface area contributed by atoms with Crippen LogP contribution < -0.4 is 0 Å². The number of carboxylic acids is 1. The molecule has 0 heterocycles. The van der Waals surface area contributed by atoms with Crippen LogP contribution in [0.5, 0.6) is 0 Å². The molecule has 0 bridgehead atoms. The van der Waals surface area contributed by atoms with Crippen LogP contribution in [0, 0.1) is 5.92 Å². The summed E-state index contributed by atoms with van der Waals surface area (Å²) in [4.78, 5) is 21.6. The lowest BCUT2D eigenvalue weighted by atomic mass is 10.1. The fourth-order valence-electron chi connectivity index (χ4n) is 0.936. The lowest BCUT2D eigenvalue weighted by Crippen LogP contribution is -2.19. The molecule has 0 fully saturated rings. The van der Waals surface area contributed by atoms with Gasteiger partial charge in [0.05, 0.1) is 19.1 Å². The third-order valence-corrected chi connectivity index (χ3v) is 1.79. The van der Waals surface area contributed by atoms with Gasteiger partial charge < -0.3 is 14.6 Å². The largest absolute Gasteiger partial charge is 0.481 e. The third-order valence-electron chi connectivity index (χ3n) is 1.79. The lowest BCUT2D eigenvalue weighted by Gasteiger charge is -2.06. The molecule has 0 radical (unpaired) electrons. The molecule has 0 unspecified atom stereocenters. The maximum Gasteiger partial charge on any atom is 0.306 e. The van der Waals surface area contributed by atoms with Gasteiger partial charge in [-0.1, -0.05) is 6.92 Å². The summed E-state index contributed by atoms with van der Waals surface area (Å²) in [7, 11) is 0. The van der Waals surface area contributed by atoms with Crippen LogP contribution in [-0.2, 0) is 19.1 Å². The number of Topliss-reactive ketones (excluding diaryl/α,β-unsaturated/α-hetero) is 1. The first kappa shape index (κ1) is 14.1. The fourth-order valence-corrected chi connectivity index (χ4v) is 0.936. The van der Waals surface area contributed by atoms with Crippen molar-refractivity contribution in [3.05, 3.63) is 0 Å². The van der Waals surface area contributed by atoms with Crippen LogP contribution in [0.3, 0.4) is 0 Å². The Morgan fingerprint density at radius 2 is 1.87 bits per heavy atom. The number of carboxylic acid groups (broad SMARTS) is 1. The zero-order valence-corrected chi connectivity index (χ0v) is 9.19. The standard InChI is InChI=1S/C10H18O5/c1-3-14-4-5-15-7-9(11)6-8(2)10(12)13/h8H,3-7H2,1-2H3,(H,12,13)/t8-/m1/s1. The van der Waals surface area contributed by atoms with Crippen molar-refractivity contribution < 1.29 is 24.2 Å². The summed E-state index contributed by atoms with van der Waals surface area (Å²) in [5, 5.41) is 8.56. The van der Waals surface area contributed by atoms with Crippen molar-refractivity contribution in [1.82, 2.24) is 0 Å². The van der Waals surface area contributed by atoms with Crippen LogP contribution in [-0.4, -0.2) is 43.3 Å². The summed E-state index contributed by atoms with van der Waals surface area (Å²) in [5.41, 5.74) is 0. The molecule has 0 aromatic heterocycles. The van der Waals surface area contributed by atoms with Gasteiger partial charge in [-0.05, 0) is 6.92 Å². The van der Waals surface area contributed by atoms with Crippen molar-refractivity contribution in [3.63, 3.8) is 0 Å². The summed E-state index contributed by atoms with van der Waals surface area (Å²) in [5.74, 6) is -1.80. The van der Waals surface area contributed by atoms with Gasteiger partial charge in [-0.2, -0.15) is 0 Å². The Kier molecular flexibility index (Phi) is 7.85. The molecule has 0 aromatic rings. The van der Waals surface area contributed by atoms with Crippen molar-refractivity contribution >= 4 is 11.8 Å². The molecule has 0 rings (SSSR count). The number of rotatable bonds is 9. The number of carbonyl (C=O) groups is 2. The number of carbonyl (C=O) groups excluding carboxylic acids is 1. The molecule has 5 nitrogen and oxygen atoms in total. The predicted octanol–water partition coefficient (Wildman–Crippen LogP) is 0.719. The minimum Gasteiger partial charge on any atom is -0.481 e. The van der Waals surface area contributed by atoms with Crippen molar-refractivity contribution in [2.75, 3.05) is 26.4 Å². The van der Waals surface area contributed by atoms with Gasteiger partial charge in [0, 0.05) is 13.0 Å². The highest BCUT2D eigenvalue weighted by Gasteiger charge is 2.15. The molecule has 15 heavy (non-hydrogen) atoms. The van der Waals surface area contributed by atoms with Gasteiger partial charge in [-0.15, -0.1) is 0 Å². The summed E-state index contributed by atoms with van der Waals surface area (Å²) < 4.78 is 10.0. The zero-order valence-electron chi connectivity index (χ0n) is 9.19. The smallest absolute Gasteiger partial charge is 0.306 e. The van der Waals surface area contributed by atoms with Gasteiger partial charge in [0.15, 0.2) is 5.78 Å². The minimum absolute atomic E-state index is 0.0178. The maximum absolute atomic E-state index is 11.2. The van der Waals surface area contributed by atoms with E-state index in [1.165, 1.54) is 6.92 Å². The third kappa shape index (κ3) is 8.08. The van der Waals surface area contributed by atoms with Gasteiger partial charge in [-0.25, -0.2) is 0 Å². The highest BCUT2D eigenvalue weighted by molar-refractivity contribution is 5.84. The molecule has 88 valence electrons. The van der Waals surface area contributed by atoms with Crippen LogP contribution in [0.2, 0.25) is 0 Å².